The standard InChI is InChI=1S/C13H24N4O/c1-4-6-14-9-12-10-15-11-13(16-12)17(2)7-5-8-18-3/h10-11,14H,4-9H2,1-3H3. The molecule has 18 heavy (non-hydrogen) atoms. The molecule has 0 saturated carbocycles. The van der Waals surface area contributed by atoms with Crippen LogP contribution >= 0.6 is 0 Å². The molecule has 1 aromatic rings. The van der Waals surface area contributed by atoms with Crippen molar-refractivity contribution in [1.29, 1.82) is 0 Å². The lowest BCUT2D eigenvalue weighted by Crippen LogP contribution is -2.22. The van der Waals surface area contributed by atoms with Crippen LogP contribution in [0.5, 0.6) is 0 Å². The van der Waals surface area contributed by atoms with Crippen LogP contribution in [0, 0.1) is 0 Å². The van der Waals surface area contributed by atoms with Crippen molar-refractivity contribution in [2.75, 3.05) is 38.8 Å². The van der Waals surface area contributed by atoms with Crippen molar-refractivity contribution in [3.05, 3.63) is 18.1 Å². The van der Waals surface area contributed by atoms with E-state index in [2.05, 4.69) is 27.1 Å². The number of hydrogen-bond donors (Lipinski definition) is 1. The van der Waals surface area contributed by atoms with Crippen molar-refractivity contribution in [3.63, 3.8) is 0 Å². The first-order valence-corrected chi connectivity index (χ1v) is 6.49. The Kier molecular flexibility index (Phi) is 7.29. The first-order chi connectivity index (χ1) is 8.77. The summed E-state index contributed by atoms with van der Waals surface area (Å²) in [5, 5.41) is 3.33. The van der Waals surface area contributed by atoms with E-state index in [4.69, 9.17) is 4.74 Å². The van der Waals surface area contributed by atoms with Gasteiger partial charge in [-0.05, 0) is 19.4 Å². The van der Waals surface area contributed by atoms with Gasteiger partial charge in [0.25, 0.3) is 0 Å². The van der Waals surface area contributed by atoms with E-state index in [9.17, 15) is 0 Å². The van der Waals surface area contributed by atoms with Crippen molar-refractivity contribution in [2.24, 2.45) is 0 Å². The summed E-state index contributed by atoms with van der Waals surface area (Å²) in [5.74, 6) is 0.918. The van der Waals surface area contributed by atoms with Crippen molar-refractivity contribution < 1.29 is 4.74 Å². The monoisotopic (exact) mass is 252 g/mol. The van der Waals surface area contributed by atoms with E-state index in [1.807, 2.05) is 13.2 Å². The molecular formula is C13H24N4O. The number of nitrogens with zero attached hydrogens (tertiary/aromatic N) is 3. The number of rotatable bonds is 9. The summed E-state index contributed by atoms with van der Waals surface area (Å²) in [4.78, 5) is 10.9. The molecule has 5 nitrogen and oxygen atoms in total. The SMILES string of the molecule is CCCNCc1cncc(N(C)CCCOC)n1. The number of ether oxygens (including phenoxy) is 1. The second-order valence-electron chi connectivity index (χ2n) is 4.31. The van der Waals surface area contributed by atoms with Gasteiger partial charge in [-0.25, -0.2) is 4.98 Å². The Hall–Kier alpha value is -1.20. The van der Waals surface area contributed by atoms with Crippen LogP contribution < -0.4 is 10.2 Å². The molecule has 5 heteroatoms. The molecule has 102 valence electrons. The number of aromatic nitrogens is 2. The Balaban J connectivity index is 2.47. The highest BCUT2D eigenvalue weighted by molar-refractivity contribution is 5.34. The lowest BCUT2D eigenvalue weighted by molar-refractivity contribution is 0.196. The lowest BCUT2D eigenvalue weighted by Gasteiger charge is -2.18. The van der Waals surface area contributed by atoms with Gasteiger partial charge in [0.15, 0.2) is 0 Å². The summed E-state index contributed by atoms with van der Waals surface area (Å²) in [6, 6.07) is 0. The number of methoxy groups -OCH3 is 1. The smallest absolute Gasteiger partial charge is 0.147 e. The summed E-state index contributed by atoms with van der Waals surface area (Å²) in [5.41, 5.74) is 0.986. The molecular weight excluding hydrogens is 228 g/mol. The molecule has 0 aliphatic heterocycles. The Bertz CT molecular complexity index is 333. The zero-order valence-corrected chi connectivity index (χ0v) is 11.6. The van der Waals surface area contributed by atoms with Crippen LogP contribution in [0.15, 0.2) is 12.4 Å². The van der Waals surface area contributed by atoms with E-state index in [1.165, 1.54) is 0 Å². The van der Waals surface area contributed by atoms with Gasteiger partial charge < -0.3 is 15.0 Å². The van der Waals surface area contributed by atoms with E-state index in [0.717, 1.165) is 50.6 Å². The maximum Gasteiger partial charge on any atom is 0.147 e. The van der Waals surface area contributed by atoms with Crippen LogP contribution in [0.4, 0.5) is 5.82 Å². The average Bonchev–Trinajstić information content (AvgIpc) is 2.39. The Morgan fingerprint density at radius 3 is 2.94 bits per heavy atom. The highest BCUT2D eigenvalue weighted by Gasteiger charge is 2.04. The molecule has 0 spiro atoms. The van der Waals surface area contributed by atoms with Gasteiger partial charge in [-0.1, -0.05) is 6.92 Å². The number of anilines is 1. The highest BCUT2D eigenvalue weighted by atomic mass is 16.5. The third-order valence-corrected chi connectivity index (χ3v) is 2.64. The molecule has 0 bridgehead atoms. The normalized spacial score (nSPS) is 10.6. The average molecular weight is 252 g/mol. The largest absolute Gasteiger partial charge is 0.385 e. The van der Waals surface area contributed by atoms with Crippen LogP contribution in [-0.2, 0) is 11.3 Å². The fourth-order valence-corrected chi connectivity index (χ4v) is 1.62. The molecule has 0 aliphatic rings. The Labute approximate surface area is 110 Å². The number of hydrogen-bond acceptors (Lipinski definition) is 5. The zero-order valence-electron chi connectivity index (χ0n) is 11.6. The van der Waals surface area contributed by atoms with E-state index in [-0.39, 0.29) is 0 Å². The summed E-state index contributed by atoms with van der Waals surface area (Å²) >= 11 is 0. The Morgan fingerprint density at radius 1 is 1.39 bits per heavy atom. The van der Waals surface area contributed by atoms with Crippen molar-refractivity contribution >= 4 is 5.82 Å². The fraction of sp³-hybridized carbons (Fsp3) is 0.692. The molecule has 1 heterocycles. The number of nitrogens with one attached hydrogen (secondary N) is 1. The first-order valence-electron chi connectivity index (χ1n) is 6.49. The van der Waals surface area contributed by atoms with Crippen molar-refractivity contribution in [2.45, 2.75) is 26.3 Å². The van der Waals surface area contributed by atoms with Gasteiger partial charge in [0, 0.05) is 40.1 Å². The second-order valence-corrected chi connectivity index (χ2v) is 4.31. The topological polar surface area (TPSA) is 50.3 Å². The minimum absolute atomic E-state index is 0.773. The van der Waals surface area contributed by atoms with Crippen molar-refractivity contribution in [1.82, 2.24) is 15.3 Å². The third kappa shape index (κ3) is 5.42. The quantitative estimate of drug-likeness (QED) is 0.674. The van der Waals surface area contributed by atoms with Crippen LogP contribution in [0.3, 0.4) is 0 Å². The van der Waals surface area contributed by atoms with Crippen molar-refractivity contribution in [3.8, 4) is 0 Å². The van der Waals surface area contributed by atoms with Gasteiger partial charge in [0.1, 0.15) is 5.82 Å². The van der Waals surface area contributed by atoms with Gasteiger partial charge in [0.2, 0.25) is 0 Å². The second kappa shape index (κ2) is 8.83. The highest BCUT2D eigenvalue weighted by Crippen LogP contribution is 2.08. The minimum atomic E-state index is 0.773. The van der Waals surface area contributed by atoms with Gasteiger partial charge in [-0.15, -0.1) is 0 Å². The summed E-state index contributed by atoms with van der Waals surface area (Å²) in [6.45, 7) is 5.64. The molecule has 1 N–H and O–H groups in total. The molecule has 0 unspecified atom stereocenters. The van der Waals surface area contributed by atoms with Crippen LogP contribution in [0.2, 0.25) is 0 Å². The lowest BCUT2D eigenvalue weighted by atomic mass is 10.4. The molecule has 0 aromatic carbocycles. The van der Waals surface area contributed by atoms with E-state index < -0.39 is 0 Å². The molecule has 1 rings (SSSR count). The molecule has 0 fully saturated rings. The molecule has 0 aliphatic carbocycles. The van der Waals surface area contributed by atoms with Gasteiger partial charge in [-0.3, -0.25) is 4.98 Å². The van der Waals surface area contributed by atoms with Crippen LogP contribution in [-0.4, -0.2) is 43.8 Å². The zero-order chi connectivity index (χ0) is 13.2. The molecule has 0 radical (unpaired) electrons. The summed E-state index contributed by atoms with van der Waals surface area (Å²) < 4.78 is 5.04. The predicted octanol–water partition coefficient (Wildman–Crippen LogP) is 1.45. The van der Waals surface area contributed by atoms with E-state index >= 15 is 0 Å². The van der Waals surface area contributed by atoms with Gasteiger partial charge in [-0.2, -0.15) is 0 Å². The summed E-state index contributed by atoms with van der Waals surface area (Å²) in [6.07, 6.45) is 5.74. The maximum atomic E-state index is 5.04. The van der Waals surface area contributed by atoms with Gasteiger partial charge >= 0.3 is 0 Å². The molecule has 1 aromatic heterocycles. The fourth-order valence-electron chi connectivity index (χ4n) is 1.62. The first kappa shape index (κ1) is 14.9. The van der Waals surface area contributed by atoms with E-state index in [1.54, 1.807) is 13.3 Å². The Morgan fingerprint density at radius 2 is 2.22 bits per heavy atom. The molecule has 0 saturated heterocycles. The van der Waals surface area contributed by atoms with Gasteiger partial charge in [0.05, 0.1) is 11.9 Å². The van der Waals surface area contributed by atoms with E-state index in [0.29, 0.717) is 0 Å². The minimum Gasteiger partial charge on any atom is -0.385 e. The van der Waals surface area contributed by atoms with Crippen LogP contribution in [0.25, 0.3) is 0 Å². The van der Waals surface area contributed by atoms with Crippen LogP contribution in [0.1, 0.15) is 25.5 Å². The summed E-state index contributed by atoms with van der Waals surface area (Å²) in [7, 11) is 3.75. The predicted molar refractivity (Wildman–Crippen MR) is 73.8 cm³/mol. The molecule has 0 atom stereocenters. The maximum absolute atomic E-state index is 5.04. The third-order valence-electron chi connectivity index (χ3n) is 2.64. The molecule has 0 amide bonds.